The third kappa shape index (κ3) is 16.6. The molecule has 0 aromatic heterocycles. The molecule has 0 aliphatic carbocycles. The molecule has 0 rings (SSSR count). The summed E-state index contributed by atoms with van der Waals surface area (Å²) >= 11 is 0. The van der Waals surface area contributed by atoms with Gasteiger partial charge < -0.3 is 0 Å². The molecule has 0 unspecified atom stereocenters. The molecule has 0 aliphatic heterocycles. The lowest BCUT2D eigenvalue weighted by Gasteiger charge is -2.31. The molecular formula is C26H54Si. The van der Waals surface area contributed by atoms with Crippen LogP contribution in [0.3, 0.4) is 0 Å². The lowest BCUT2D eigenvalue weighted by atomic mass is 10.1. The molecule has 0 aromatic carbocycles. The lowest BCUT2D eigenvalue weighted by Crippen LogP contribution is -2.32. The lowest BCUT2D eigenvalue weighted by molar-refractivity contribution is 0.611. The number of hydrogen-bond donors (Lipinski definition) is 0. The van der Waals surface area contributed by atoms with Gasteiger partial charge in [-0.25, -0.2) is 0 Å². The minimum atomic E-state index is -0.993. The number of allylic oxidation sites excluding steroid dienone is 2. The highest BCUT2D eigenvalue weighted by Gasteiger charge is 2.28. The summed E-state index contributed by atoms with van der Waals surface area (Å²) in [5, 5.41) is 0. The fourth-order valence-electron chi connectivity index (χ4n) is 4.57. The van der Waals surface area contributed by atoms with Gasteiger partial charge in [-0.05, 0) is 19.8 Å². The molecule has 0 spiro atoms. The standard InChI is InChI=1S/C26H54Si/c1-5-9-12-15-18-21-24-27(8-4,25-22-19-16-13-10-6-2)26-23-20-17-14-11-7-3/h5,9H,6-8,10-26H2,1-4H3. The molecule has 0 nitrogen and oxygen atoms in total. The Labute approximate surface area is 175 Å². The largest absolute Gasteiger partial charge is 0.0917 e. The van der Waals surface area contributed by atoms with Gasteiger partial charge in [0, 0.05) is 0 Å². The van der Waals surface area contributed by atoms with Gasteiger partial charge >= 0.3 is 0 Å². The zero-order valence-corrected chi connectivity index (χ0v) is 20.8. The van der Waals surface area contributed by atoms with Gasteiger partial charge in [0.2, 0.25) is 0 Å². The van der Waals surface area contributed by atoms with Crippen LogP contribution in [0.2, 0.25) is 24.2 Å². The van der Waals surface area contributed by atoms with Crippen LogP contribution in [-0.2, 0) is 0 Å². The average Bonchev–Trinajstić information content (AvgIpc) is 2.69. The first kappa shape index (κ1) is 27.0. The molecule has 27 heavy (non-hydrogen) atoms. The van der Waals surface area contributed by atoms with E-state index in [1.807, 2.05) is 0 Å². The Kier molecular flexibility index (Phi) is 20.7. The summed E-state index contributed by atoms with van der Waals surface area (Å²) in [5.41, 5.74) is 0. The Bertz CT molecular complexity index is 291. The smallest absolute Gasteiger partial charge is 0.0533 e. The molecule has 0 amide bonds. The van der Waals surface area contributed by atoms with Crippen LogP contribution in [0.1, 0.15) is 130 Å². The van der Waals surface area contributed by atoms with Gasteiger partial charge in [-0.1, -0.05) is 147 Å². The van der Waals surface area contributed by atoms with Crippen molar-refractivity contribution >= 4 is 8.07 Å². The maximum absolute atomic E-state index is 2.54. The van der Waals surface area contributed by atoms with Crippen molar-refractivity contribution in [1.82, 2.24) is 0 Å². The van der Waals surface area contributed by atoms with Crippen molar-refractivity contribution in [2.45, 2.75) is 155 Å². The van der Waals surface area contributed by atoms with E-state index in [-0.39, 0.29) is 0 Å². The maximum atomic E-state index is 2.54. The number of rotatable bonds is 21. The Morgan fingerprint density at radius 2 is 0.926 bits per heavy atom. The van der Waals surface area contributed by atoms with Crippen LogP contribution in [0, 0.1) is 0 Å². The third-order valence-corrected chi connectivity index (χ3v) is 12.4. The predicted octanol–water partition coefficient (Wildman–Crippen LogP) is 10.3. The first-order valence-electron chi connectivity index (χ1n) is 12.9. The van der Waals surface area contributed by atoms with Gasteiger partial charge in [0.1, 0.15) is 0 Å². The van der Waals surface area contributed by atoms with Crippen LogP contribution in [0.25, 0.3) is 0 Å². The van der Waals surface area contributed by atoms with Gasteiger partial charge in [-0.3, -0.25) is 0 Å². The molecule has 1 heteroatoms. The topological polar surface area (TPSA) is 0 Å². The van der Waals surface area contributed by atoms with E-state index >= 15 is 0 Å². The highest BCUT2D eigenvalue weighted by Crippen LogP contribution is 2.33. The fourth-order valence-corrected chi connectivity index (χ4v) is 9.38. The molecule has 0 bridgehead atoms. The summed E-state index contributed by atoms with van der Waals surface area (Å²) in [6, 6.07) is 6.45. The quantitative estimate of drug-likeness (QED) is 0.103. The van der Waals surface area contributed by atoms with Crippen molar-refractivity contribution in [2.75, 3.05) is 0 Å². The van der Waals surface area contributed by atoms with Gasteiger partial charge in [0.05, 0.1) is 8.07 Å². The van der Waals surface area contributed by atoms with Crippen LogP contribution in [-0.4, -0.2) is 8.07 Å². The van der Waals surface area contributed by atoms with Crippen molar-refractivity contribution in [3.63, 3.8) is 0 Å². The first-order chi connectivity index (χ1) is 13.2. The highest BCUT2D eigenvalue weighted by atomic mass is 28.3. The van der Waals surface area contributed by atoms with Gasteiger partial charge in [0.15, 0.2) is 0 Å². The van der Waals surface area contributed by atoms with E-state index < -0.39 is 8.07 Å². The van der Waals surface area contributed by atoms with Crippen molar-refractivity contribution in [3.8, 4) is 0 Å². The van der Waals surface area contributed by atoms with Gasteiger partial charge in [-0.2, -0.15) is 0 Å². The van der Waals surface area contributed by atoms with Gasteiger partial charge in [-0.15, -0.1) is 0 Å². The summed E-state index contributed by atoms with van der Waals surface area (Å²) in [6.45, 7) is 9.34. The van der Waals surface area contributed by atoms with Crippen LogP contribution in [0.15, 0.2) is 12.2 Å². The second-order valence-corrected chi connectivity index (χ2v) is 14.3. The Hall–Kier alpha value is -0.0431. The van der Waals surface area contributed by atoms with E-state index in [4.69, 9.17) is 0 Å². The highest BCUT2D eigenvalue weighted by molar-refractivity contribution is 6.79. The van der Waals surface area contributed by atoms with E-state index in [0.29, 0.717) is 0 Å². The van der Waals surface area contributed by atoms with E-state index in [0.717, 1.165) is 0 Å². The molecule has 0 atom stereocenters. The van der Waals surface area contributed by atoms with E-state index in [9.17, 15) is 0 Å². The number of unbranched alkanes of at least 4 members (excludes halogenated alkanes) is 13. The first-order valence-corrected chi connectivity index (χ1v) is 15.7. The Morgan fingerprint density at radius 3 is 1.33 bits per heavy atom. The molecule has 0 aliphatic rings. The molecule has 0 saturated heterocycles. The van der Waals surface area contributed by atoms with Crippen molar-refractivity contribution in [3.05, 3.63) is 12.2 Å². The van der Waals surface area contributed by atoms with E-state index in [2.05, 4.69) is 39.8 Å². The Morgan fingerprint density at radius 1 is 0.519 bits per heavy atom. The summed E-state index contributed by atoms with van der Waals surface area (Å²) < 4.78 is 0. The molecule has 162 valence electrons. The fraction of sp³-hybridized carbons (Fsp3) is 0.923. The predicted molar refractivity (Wildman–Crippen MR) is 131 cm³/mol. The average molecular weight is 395 g/mol. The molecule has 0 saturated carbocycles. The van der Waals surface area contributed by atoms with Crippen LogP contribution in [0.4, 0.5) is 0 Å². The molecule has 0 N–H and O–H groups in total. The summed E-state index contributed by atoms with van der Waals surface area (Å²) in [7, 11) is -0.993. The molecule has 0 heterocycles. The van der Waals surface area contributed by atoms with Crippen LogP contribution in [0.5, 0.6) is 0 Å². The minimum absolute atomic E-state index is 0.993. The molecule has 0 aromatic rings. The molecular weight excluding hydrogens is 340 g/mol. The van der Waals surface area contributed by atoms with Gasteiger partial charge in [0.25, 0.3) is 0 Å². The molecule has 0 fully saturated rings. The second kappa shape index (κ2) is 20.7. The maximum Gasteiger partial charge on any atom is 0.0533 e. The van der Waals surface area contributed by atoms with E-state index in [1.54, 1.807) is 24.2 Å². The summed E-state index contributed by atoms with van der Waals surface area (Å²) in [5.74, 6) is 0. The minimum Gasteiger partial charge on any atom is -0.0917 e. The monoisotopic (exact) mass is 394 g/mol. The van der Waals surface area contributed by atoms with Crippen molar-refractivity contribution in [1.29, 1.82) is 0 Å². The SMILES string of the molecule is CC=CCCCCC[Si](CC)(CCCCCCCC)CCCCCCCC. The summed E-state index contributed by atoms with van der Waals surface area (Å²) in [4.78, 5) is 0. The second-order valence-electron chi connectivity index (χ2n) is 9.06. The van der Waals surface area contributed by atoms with Crippen molar-refractivity contribution in [2.24, 2.45) is 0 Å². The third-order valence-electron chi connectivity index (χ3n) is 6.68. The zero-order chi connectivity index (χ0) is 20.1. The normalized spacial score (nSPS) is 12.3. The van der Waals surface area contributed by atoms with Crippen molar-refractivity contribution < 1.29 is 0 Å². The number of hydrogen-bond acceptors (Lipinski definition) is 0. The molecule has 0 radical (unpaired) electrons. The zero-order valence-electron chi connectivity index (χ0n) is 19.8. The van der Waals surface area contributed by atoms with E-state index in [1.165, 1.54) is 103 Å². The summed E-state index contributed by atoms with van der Waals surface area (Å²) in [6.07, 6.45) is 27.9. The Balaban J connectivity index is 4.27. The van der Waals surface area contributed by atoms with Crippen LogP contribution < -0.4 is 0 Å². The van der Waals surface area contributed by atoms with Crippen LogP contribution >= 0.6 is 0 Å².